The van der Waals surface area contributed by atoms with Crippen LogP contribution in [0.15, 0.2) is 42.5 Å². The lowest BCUT2D eigenvalue weighted by Gasteiger charge is -2.41. The SMILES string of the molecule is COc1cc(NC(=O)c2ccc(F)cc2)ccc1C(=O)N1CC[C@@H]2CCCCC2C1. The second-order valence-corrected chi connectivity index (χ2v) is 8.22. The van der Waals surface area contributed by atoms with E-state index in [0.29, 0.717) is 28.5 Å². The zero-order valence-corrected chi connectivity index (χ0v) is 17.2. The van der Waals surface area contributed by atoms with E-state index in [4.69, 9.17) is 4.74 Å². The number of carbonyl (C=O) groups is 2. The van der Waals surface area contributed by atoms with Gasteiger partial charge in [-0.05, 0) is 61.1 Å². The lowest BCUT2D eigenvalue weighted by Crippen LogP contribution is -2.44. The van der Waals surface area contributed by atoms with E-state index in [1.165, 1.54) is 57.1 Å². The van der Waals surface area contributed by atoms with E-state index in [1.807, 2.05) is 4.90 Å². The first-order valence-electron chi connectivity index (χ1n) is 10.6. The fraction of sp³-hybridized carbons (Fsp3) is 0.417. The summed E-state index contributed by atoms with van der Waals surface area (Å²) in [6.07, 6.45) is 6.14. The standard InChI is InChI=1S/C24H27FN2O3/c1-30-22-14-20(26-23(28)17-6-8-19(25)9-7-17)10-11-21(22)24(29)27-13-12-16-4-2-3-5-18(16)15-27/h6-11,14,16,18H,2-5,12-13,15H2,1H3,(H,26,28)/t16-,18?/m0/s1. The maximum atomic E-state index is 13.2. The Hall–Kier alpha value is -2.89. The third kappa shape index (κ3) is 4.32. The molecule has 4 rings (SSSR count). The molecule has 1 N–H and O–H groups in total. The first-order valence-corrected chi connectivity index (χ1v) is 10.6. The normalized spacial score (nSPS) is 20.9. The summed E-state index contributed by atoms with van der Waals surface area (Å²) in [5.41, 5.74) is 1.38. The Balaban J connectivity index is 1.47. The molecule has 1 unspecified atom stereocenters. The van der Waals surface area contributed by atoms with Crippen molar-refractivity contribution >= 4 is 17.5 Å². The molecule has 2 aromatic rings. The highest BCUT2D eigenvalue weighted by molar-refractivity contribution is 6.05. The number of hydrogen-bond acceptors (Lipinski definition) is 3. The van der Waals surface area contributed by atoms with Crippen LogP contribution in [0.4, 0.5) is 10.1 Å². The van der Waals surface area contributed by atoms with Gasteiger partial charge >= 0.3 is 0 Å². The molecule has 2 aromatic carbocycles. The van der Waals surface area contributed by atoms with Crippen LogP contribution in [0.25, 0.3) is 0 Å². The van der Waals surface area contributed by atoms with Crippen LogP contribution in [0.3, 0.4) is 0 Å². The van der Waals surface area contributed by atoms with Gasteiger partial charge in [-0.1, -0.05) is 19.3 Å². The van der Waals surface area contributed by atoms with E-state index in [1.54, 1.807) is 18.2 Å². The van der Waals surface area contributed by atoms with Crippen LogP contribution in [-0.4, -0.2) is 36.9 Å². The monoisotopic (exact) mass is 410 g/mol. The van der Waals surface area contributed by atoms with Gasteiger partial charge in [-0.3, -0.25) is 9.59 Å². The van der Waals surface area contributed by atoms with Gasteiger partial charge in [0.25, 0.3) is 11.8 Å². The van der Waals surface area contributed by atoms with Crippen LogP contribution < -0.4 is 10.1 Å². The van der Waals surface area contributed by atoms with Gasteiger partial charge < -0.3 is 15.0 Å². The first kappa shape index (κ1) is 20.4. The number of halogens is 1. The predicted molar refractivity (Wildman–Crippen MR) is 113 cm³/mol. The number of ether oxygens (including phenoxy) is 1. The molecule has 1 heterocycles. The van der Waals surface area contributed by atoms with Crippen molar-refractivity contribution in [1.82, 2.24) is 4.90 Å². The molecule has 5 nitrogen and oxygen atoms in total. The Labute approximate surface area is 176 Å². The molecule has 158 valence electrons. The van der Waals surface area contributed by atoms with E-state index in [9.17, 15) is 14.0 Å². The molecule has 0 radical (unpaired) electrons. The van der Waals surface area contributed by atoms with E-state index < -0.39 is 5.82 Å². The maximum Gasteiger partial charge on any atom is 0.257 e. The molecule has 0 aromatic heterocycles. The van der Waals surface area contributed by atoms with Gasteiger partial charge in [0.05, 0.1) is 12.7 Å². The predicted octanol–water partition coefficient (Wildman–Crippen LogP) is 4.74. The van der Waals surface area contributed by atoms with E-state index in [2.05, 4.69) is 5.32 Å². The highest BCUT2D eigenvalue weighted by atomic mass is 19.1. The number of fused-ring (bicyclic) bond motifs is 1. The second kappa shape index (κ2) is 8.86. The average Bonchev–Trinajstić information content (AvgIpc) is 2.78. The van der Waals surface area contributed by atoms with Crippen LogP contribution in [-0.2, 0) is 0 Å². The van der Waals surface area contributed by atoms with Crippen LogP contribution >= 0.6 is 0 Å². The molecule has 1 aliphatic carbocycles. The first-order chi connectivity index (χ1) is 14.5. The lowest BCUT2D eigenvalue weighted by atomic mass is 9.75. The quantitative estimate of drug-likeness (QED) is 0.792. The number of carbonyl (C=O) groups excluding carboxylic acids is 2. The number of likely N-dealkylation sites (tertiary alicyclic amines) is 1. The number of benzene rings is 2. The molecule has 0 bridgehead atoms. The minimum atomic E-state index is -0.395. The molecular weight excluding hydrogens is 383 g/mol. The molecule has 2 atom stereocenters. The van der Waals surface area contributed by atoms with Crippen molar-refractivity contribution in [2.75, 3.05) is 25.5 Å². The molecule has 1 saturated heterocycles. The highest BCUT2D eigenvalue weighted by Crippen LogP contribution is 2.37. The van der Waals surface area contributed by atoms with Crippen molar-refractivity contribution in [3.63, 3.8) is 0 Å². The van der Waals surface area contributed by atoms with Crippen LogP contribution in [0.2, 0.25) is 0 Å². The minimum absolute atomic E-state index is 0.0210. The van der Waals surface area contributed by atoms with Gasteiger partial charge in [0.2, 0.25) is 0 Å². The molecule has 6 heteroatoms. The van der Waals surface area contributed by atoms with E-state index in [0.717, 1.165) is 25.4 Å². The summed E-state index contributed by atoms with van der Waals surface area (Å²) in [5, 5.41) is 2.77. The van der Waals surface area contributed by atoms with Gasteiger partial charge in [0, 0.05) is 30.4 Å². The van der Waals surface area contributed by atoms with E-state index >= 15 is 0 Å². The lowest BCUT2D eigenvalue weighted by molar-refractivity contribution is 0.0518. The van der Waals surface area contributed by atoms with Crippen molar-refractivity contribution < 1.29 is 18.7 Å². The zero-order valence-electron chi connectivity index (χ0n) is 17.2. The summed E-state index contributed by atoms with van der Waals surface area (Å²) in [6, 6.07) is 10.4. The molecule has 0 spiro atoms. The van der Waals surface area contributed by atoms with Crippen molar-refractivity contribution in [2.45, 2.75) is 32.1 Å². The Kier molecular flexibility index (Phi) is 6.02. The summed E-state index contributed by atoms with van der Waals surface area (Å²) in [5.74, 6) is 1.03. The van der Waals surface area contributed by atoms with E-state index in [-0.39, 0.29) is 11.8 Å². The summed E-state index contributed by atoms with van der Waals surface area (Å²) in [6.45, 7) is 1.60. The molecule has 1 saturated carbocycles. The summed E-state index contributed by atoms with van der Waals surface area (Å²) < 4.78 is 18.5. The fourth-order valence-electron chi connectivity index (χ4n) is 4.71. The Bertz CT molecular complexity index is 929. The number of nitrogens with zero attached hydrogens (tertiary/aromatic N) is 1. The number of anilines is 1. The van der Waals surface area contributed by atoms with Gasteiger partial charge in [-0.25, -0.2) is 4.39 Å². The number of hydrogen-bond donors (Lipinski definition) is 1. The number of methoxy groups -OCH3 is 1. The Morgan fingerprint density at radius 1 is 1.03 bits per heavy atom. The largest absolute Gasteiger partial charge is 0.496 e. The second-order valence-electron chi connectivity index (χ2n) is 8.22. The van der Waals surface area contributed by atoms with Crippen LogP contribution in [0.1, 0.15) is 52.8 Å². The maximum absolute atomic E-state index is 13.2. The third-order valence-electron chi connectivity index (χ3n) is 6.37. The van der Waals surface area contributed by atoms with Crippen molar-refractivity contribution in [3.05, 3.63) is 59.4 Å². The van der Waals surface area contributed by atoms with Crippen LogP contribution in [0, 0.1) is 17.7 Å². The van der Waals surface area contributed by atoms with Crippen LogP contribution in [0.5, 0.6) is 5.75 Å². The third-order valence-corrected chi connectivity index (χ3v) is 6.37. The average molecular weight is 410 g/mol. The number of nitrogens with one attached hydrogen (secondary N) is 1. The molecule has 1 aliphatic heterocycles. The molecular formula is C24H27FN2O3. The summed E-state index contributed by atoms with van der Waals surface area (Å²) >= 11 is 0. The molecule has 30 heavy (non-hydrogen) atoms. The minimum Gasteiger partial charge on any atom is -0.496 e. The van der Waals surface area contributed by atoms with Gasteiger partial charge in [-0.2, -0.15) is 0 Å². The van der Waals surface area contributed by atoms with Gasteiger partial charge in [-0.15, -0.1) is 0 Å². The Morgan fingerprint density at radius 2 is 1.77 bits per heavy atom. The van der Waals surface area contributed by atoms with Crippen molar-refractivity contribution in [3.8, 4) is 5.75 Å². The highest BCUT2D eigenvalue weighted by Gasteiger charge is 2.33. The molecule has 2 amide bonds. The molecule has 2 fully saturated rings. The van der Waals surface area contributed by atoms with Crippen molar-refractivity contribution in [1.29, 1.82) is 0 Å². The fourth-order valence-corrected chi connectivity index (χ4v) is 4.71. The van der Waals surface area contributed by atoms with Crippen molar-refractivity contribution in [2.24, 2.45) is 11.8 Å². The summed E-state index contributed by atoms with van der Waals surface area (Å²) in [4.78, 5) is 27.5. The summed E-state index contributed by atoms with van der Waals surface area (Å²) in [7, 11) is 1.52. The smallest absolute Gasteiger partial charge is 0.257 e. The zero-order chi connectivity index (χ0) is 21.1. The topological polar surface area (TPSA) is 58.6 Å². The molecule has 2 aliphatic rings. The number of piperidine rings is 1. The Morgan fingerprint density at radius 3 is 2.50 bits per heavy atom. The number of rotatable bonds is 4. The van der Waals surface area contributed by atoms with Gasteiger partial charge in [0.1, 0.15) is 11.6 Å². The number of amides is 2. The van der Waals surface area contributed by atoms with Gasteiger partial charge in [0.15, 0.2) is 0 Å².